The van der Waals surface area contributed by atoms with Crippen LogP contribution in [0, 0.1) is 0 Å². The second kappa shape index (κ2) is 12.4. The summed E-state index contributed by atoms with van der Waals surface area (Å²) < 4.78 is 10.8. The molecular formula is C30H36N4O4. The molecule has 1 aliphatic heterocycles. The molecule has 1 fully saturated rings. The smallest absolute Gasteiger partial charge is 0.256 e. The highest BCUT2D eigenvalue weighted by molar-refractivity contribution is 6.06. The Hall–Kier alpha value is -4.20. The fourth-order valence-electron chi connectivity index (χ4n) is 4.79. The van der Waals surface area contributed by atoms with Gasteiger partial charge < -0.3 is 29.5 Å². The van der Waals surface area contributed by atoms with Gasteiger partial charge in [-0.2, -0.15) is 0 Å². The summed E-state index contributed by atoms with van der Waals surface area (Å²) in [5, 5.41) is 2.95. The minimum Gasteiger partial charge on any atom is -0.497 e. The van der Waals surface area contributed by atoms with Crippen molar-refractivity contribution in [1.82, 2.24) is 4.90 Å². The molecule has 0 radical (unpaired) electrons. The largest absolute Gasteiger partial charge is 0.497 e. The Morgan fingerprint density at radius 1 is 0.816 bits per heavy atom. The average molecular weight is 517 g/mol. The topological polar surface area (TPSA) is 74.4 Å². The number of nitrogens with zero attached hydrogens (tertiary/aromatic N) is 3. The van der Waals surface area contributed by atoms with Crippen LogP contribution in [0.25, 0.3) is 0 Å². The fourth-order valence-corrected chi connectivity index (χ4v) is 4.79. The summed E-state index contributed by atoms with van der Waals surface area (Å²) in [5.41, 5.74) is 3.59. The van der Waals surface area contributed by atoms with Crippen molar-refractivity contribution in [3.05, 3.63) is 77.9 Å². The van der Waals surface area contributed by atoms with E-state index in [2.05, 4.69) is 21.2 Å². The van der Waals surface area contributed by atoms with Crippen molar-refractivity contribution < 1.29 is 19.1 Å². The zero-order valence-electron chi connectivity index (χ0n) is 22.6. The maximum Gasteiger partial charge on any atom is 0.256 e. The van der Waals surface area contributed by atoms with Gasteiger partial charge >= 0.3 is 0 Å². The Balaban J connectivity index is 1.58. The first kappa shape index (κ1) is 26.9. The van der Waals surface area contributed by atoms with E-state index in [1.54, 1.807) is 49.5 Å². The van der Waals surface area contributed by atoms with Crippen LogP contribution in [-0.4, -0.2) is 70.2 Å². The van der Waals surface area contributed by atoms with E-state index in [0.29, 0.717) is 35.7 Å². The maximum absolute atomic E-state index is 13.6. The summed E-state index contributed by atoms with van der Waals surface area (Å²) in [6, 6.07) is 20.6. The number of hydrogen-bond acceptors (Lipinski definition) is 6. The highest BCUT2D eigenvalue weighted by atomic mass is 16.5. The zero-order chi connectivity index (χ0) is 27.1. The normalized spacial score (nSPS) is 13.2. The summed E-state index contributed by atoms with van der Waals surface area (Å²) >= 11 is 0. The molecule has 200 valence electrons. The first-order chi connectivity index (χ1) is 18.5. The average Bonchev–Trinajstić information content (AvgIpc) is 2.97. The summed E-state index contributed by atoms with van der Waals surface area (Å²) in [7, 11) is 3.26. The van der Waals surface area contributed by atoms with Gasteiger partial charge in [0.15, 0.2) is 0 Å². The van der Waals surface area contributed by atoms with Crippen LogP contribution in [-0.2, 0) is 0 Å². The monoisotopic (exact) mass is 516 g/mol. The highest BCUT2D eigenvalue weighted by Gasteiger charge is 2.25. The Labute approximate surface area is 224 Å². The van der Waals surface area contributed by atoms with E-state index < -0.39 is 0 Å². The van der Waals surface area contributed by atoms with E-state index in [0.717, 1.165) is 43.3 Å². The van der Waals surface area contributed by atoms with E-state index in [9.17, 15) is 9.59 Å². The number of carbonyl (C=O) groups excluding carboxylic acids is 2. The lowest BCUT2D eigenvalue weighted by molar-refractivity contribution is 0.0773. The molecule has 1 heterocycles. The number of nitrogens with one attached hydrogen (secondary N) is 1. The third-order valence-corrected chi connectivity index (χ3v) is 6.91. The van der Waals surface area contributed by atoms with Gasteiger partial charge in [0.25, 0.3) is 11.8 Å². The molecule has 0 aliphatic carbocycles. The van der Waals surface area contributed by atoms with Gasteiger partial charge in [-0.05, 0) is 62.4 Å². The lowest BCUT2D eigenvalue weighted by atomic mass is 10.1. The van der Waals surface area contributed by atoms with Gasteiger partial charge in [-0.3, -0.25) is 9.59 Å². The second-order valence-electron chi connectivity index (χ2n) is 9.04. The van der Waals surface area contributed by atoms with Gasteiger partial charge in [0.1, 0.15) is 11.5 Å². The van der Waals surface area contributed by atoms with Crippen molar-refractivity contribution in [2.75, 3.05) is 68.6 Å². The van der Waals surface area contributed by atoms with E-state index in [-0.39, 0.29) is 11.8 Å². The Morgan fingerprint density at radius 2 is 1.50 bits per heavy atom. The number of anilines is 3. The first-order valence-corrected chi connectivity index (χ1v) is 13.0. The Bertz CT molecular complexity index is 1270. The van der Waals surface area contributed by atoms with E-state index in [1.165, 1.54) is 0 Å². The lowest BCUT2D eigenvalue weighted by Gasteiger charge is -2.38. The summed E-state index contributed by atoms with van der Waals surface area (Å²) in [6.45, 7) is 8.27. The summed E-state index contributed by atoms with van der Waals surface area (Å²) in [6.07, 6.45) is 0. The molecule has 2 amide bonds. The SMILES string of the molecule is CCN(CC)C(=O)c1cc(NC(=O)c2cccc(OC)c2)ccc1N1CCN(c2ccccc2OC)CC1. The van der Waals surface area contributed by atoms with Crippen LogP contribution in [0.1, 0.15) is 34.6 Å². The van der Waals surface area contributed by atoms with Crippen molar-refractivity contribution >= 4 is 28.9 Å². The summed E-state index contributed by atoms with van der Waals surface area (Å²) in [5.74, 6) is 1.16. The van der Waals surface area contributed by atoms with Gasteiger partial charge in [-0.15, -0.1) is 0 Å². The van der Waals surface area contributed by atoms with E-state index in [4.69, 9.17) is 9.47 Å². The predicted molar refractivity (Wildman–Crippen MR) is 152 cm³/mol. The molecule has 0 spiro atoms. The summed E-state index contributed by atoms with van der Waals surface area (Å²) in [4.78, 5) is 32.9. The molecular weight excluding hydrogens is 480 g/mol. The number of amides is 2. The van der Waals surface area contributed by atoms with Crippen LogP contribution in [0.5, 0.6) is 11.5 Å². The van der Waals surface area contributed by atoms with Gasteiger partial charge in [0, 0.05) is 56.2 Å². The predicted octanol–water partition coefficient (Wildman–Crippen LogP) is 4.76. The zero-order valence-corrected chi connectivity index (χ0v) is 22.6. The number of methoxy groups -OCH3 is 2. The van der Waals surface area contributed by atoms with Crippen LogP contribution < -0.4 is 24.6 Å². The van der Waals surface area contributed by atoms with Crippen LogP contribution >= 0.6 is 0 Å². The first-order valence-electron chi connectivity index (χ1n) is 13.0. The number of ether oxygens (including phenoxy) is 2. The molecule has 0 bridgehead atoms. The minimum absolute atomic E-state index is 0.0466. The molecule has 1 aliphatic rings. The molecule has 4 rings (SSSR count). The fraction of sp³-hybridized carbons (Fsp3) is 0.333. The Morgan fingerprint density at radius 3 is 2.16 bits per heavy atom. The van der Waals surface area contributed by atoms with Crippen molar-refractivity contribution in [3.8, 4) is 11.5 Å². The van der Waals surface area contributed by atoms with E-state index in [1.807, 2.05) is 44.2 Å². The lowest BCUT2D eigenvalue weighted by Crippen LogP contribution is -2.47. The number of benzene rings is 3. The molecule has 1 saturated heterocycles. The highest BCUT2D eigenvalue weighted by Crippen LogP contribution is 2.31. The minimum atomic E-state index is -0.261. The maximum atomic E-state index is 13.6. The molecule has 0 unspecified atom stereocenters. The van der Waals surface area contributed by atoms with Crippen LogP contribution in [0.3, 0.4) is 0 Å². The van der Waals surface area contributed by atoms with Crippen LogP contribution in [0.4, 0.5) is 17.1 Å². The van der Waals surface area contributed by atoms with Crippen molar-refractivity contribution in [2.24, 2.45) is 0 Å². The number of piperazine rings is 1. The quantitative estimate of drug-likeness (QED) is 0.442. The Kier molecular flexibility index (Phi) is 8.73. The number of hydrogen-bond donors (Lipinski definition) is 1. The van der Waals surface area contributed by atoms with E-state index >= 15 is 0 Å². The molecule has 1 N–H and O–H groups in total. The van der Waals surface area contributed by atoms with Gasteiger partial charge in [0.05, 0.1) is 25.5 Å². The molecule has 0 aromatic heterocycles. The van der Waals surface area contributed by atoms with Crippen LogP contribution in [0.2, 0.25) is 0 Å². The number of rotatable bonds is 9. The number of para-hydroxylation sites is 2. The third-order valence-electron chi connectivity index (χ3n) is 6.91. The van der Waals surface area contributed by atoms with Gasteiger partial charge in [-0.25, -0.2) is 0 Å². The molecule has 0 atom stereocenters. The van der Waals surface area contributed by atoms with Gasteiger partial charge in [-0.1, -0.05) is 18.2 Å². The van der Waals surface area contributed by atoms with Crippen molar-refractivity contribution in [3.63, 3.8) is 0 Å². The van der Waals surface area contributed by atoms with Crippen molar-refractivity contribution in [1.29, 1.82) is 0 Å². The standard InChI is InChI=1S/C30H36N4O4/c1-5-32(6-2)30(36)25-21-23(31-29(35)22-10-9-11-24(20-22)37-3)14-15-26(25)33-16-18-34(19-17-33)27-12-7-8-13-28(27)38-4/h7-15,20-21H,5-6,16-19H2,1-4H3,(H,31,35). The van der Waals surface area contributed by atoms with Gasteiger partial charge in [0.2, 0.25) is 0 Å². The molecule has 0 saturated carbocycles. The molecule has 8 heteroatoms. The molecule has 8 nitrogen and oxygen atoms in total. The molecule has 38 heavy (non-hydrogen) atoms. The van der Waals surface area contributed by atoms with Crippen molar-refractivity contribution in [2.45, 2.75) is 13.8 Å². The molecule has 3 aromatic carbocycles. The van der Waals surface area contributed by atoms with Crippen LogP contribution in [0.15, 0.2) is 66.7 Å². The third kappa shape index (κ3) is 5.85. The second-order valence-corrected chi connectivity index (χ2v) is 9.04. The molecule has 3 aromatic rings. The number of carbonyl (C=O) groups is 2.